The first-order chi connectivity index (χ1) is 8.20. The summed E-state index contributed by atoms with van der Waals surface area (Å²) in [6.45, 7) is 1.12. The van der Waals surface area contributed by atoms with Crippen molar-refractivity contribution in [2.24, 2.45) is 5.92 Å². The van der Waals surface area contributed by atoms with E-state index in [9.17, 15) is 4.79 Å². The Morgan fingerprint density at radius 2 is 2.29 bits per heavy atom. The molecule has 2 rings (SSSR count). The van der Waals surface area contributed by atoms with Gasteiger partial charge >= 0.3 is 0 Å². The minimum Gasteiger partial charge on any atom is -0.327 e. The van der Waals surface area contributed by atoms with Crippen LogP contribution in [0.3, 0.4) is 0 Å². The van der Waals surface area contributed by atoms with Crippen LogP contribution in [0.15, 0.2) is 24.3 Å². The summed E-state index contributed by atoms with van der Waals surface area (Å²) in [6.07, 6.45) is 7.70. The second-order valence-corrected chi connectivity index (χ2v) is 4.78. The molecule has 0 unspecified atom stereocenters. The molecule has 0 aliphatic heterocycles. The zero-order chi connectivity index (χ0) is 12.3. The van der Waals surface area contributed by atoms with E-state index in [1.807, 2.05) is 0 Å². The fourth-order valence-corrected chi connectivity index (χ4v) is 1.94. The van der Waals surface area contributed by atoms with Crippen LogP contribution in [0.1, 0.15) is 23.2 Å². The van der Waals surface area contributed by atoms with Crippen molar-refractivity contribution < 1.29 is 4.79 Å². The van der Waals surface area contributed by atoms with Crippen LogP contribution in [0.25, 0.3) is 0 Å². The Bertz CT molecular complexity index is 460. The molecule has 0 atom stereocenters. The van der Waals surface area contributed by atoms with Gasteiger partial charge in [-0.2, -0.15) is 0 Å². The molecule has 0 saturated heterocycles. The van der Waals surface area contributed by atoms with Gasteiger partial charge in [-0.05, 0) is 37.0 Å². The van der Waals surface area contributed by atoms with Gasteiger partial charge in [0.05, 0.1) is 6.54 Å². The van der Waals surface area contributed by atoms with E-state index in [4.69, 9.17) is 18.0 Å². The van der Waals surface area contributed by atoms with Gasteiger partial charge in [0.2, 0.25) is 0 Å². The molecule has 0 heterocycles. The molecule has 1 aliphatic rings. The van der Waals surface area contributed by atoms with Crippen molar-refractivity contribution in [3.8, 4) is 12.3 Å². The fraction of sp³-hybridized carbons (Fsp3) is 0.357. The Kier molecular flexibility index (Phi) is 3.71. The summed E-state index contributed by atoms with van der Waals surface area (Å²) in [5, 5.41) is 0.572. The summed E-state index contributed by atoms with van der Waals surface area (Å²) in [6, 6.07) is 6.98. The third-order valence-electron chi connectivity index (χ3n) is 2.82. The minimum atomic E-state index is -0.0302. The van der Waals surface area contributed by atoms with Crippen LogP contribution < -0.4 is 0 Å². The summed E-state index contributed by atoms with van der Waals surface area (Å²) in [4.78, 5) is 13.9. The van der Waals surface area contributed by atoms with Gasteiger partial charge < -0.3 is 4.90 Å². The molecule has 0 spiro atoms. The van der Waals surface area contributed by atoms with Crippen LogP contribution in [-0.2, 0) is 0 Å². The normalized spacial score (nSPS) is 14.1. The first-order valence-corrected chi connectivity index (χ1v) is 6.07. The lowest BCUT2D eigenvalue weighted by molar-refractivity contribution is 0.0770. The molecule has 17 heavy (non-hydrogen) atoms. The number of benzene rings is 1. The van der Waals surface area contributed by atoms with Gasteiger partial charge in [0, 0.05) is 17.1 Å². The highest BCUT2D eigenvalue weighted by Crippen LogP contribution is 2.30. The predicted molar refractivity (Wildman–Crippen MR) is 68.9 cm³/mol. The average molecular weight is 248 g/mol. The number of carbonyl (C=O) groups excluding carboxylic acids is 1. The largest absolute Gasteiger partial charge is 0.327 e. The number of hydrogen-bond donors (Lipinski definition) is 0. The summed E-state index contributed by atoms with van der Waals surface area (Å²) in [5.74, 6) is 3.14. The van der Waals surface area contributed by atoms with Crippen molar-refractivity contribution in [2.45, 2.75) is 12.8 Å². The third kappa shape index (κ3) is 3.25. The van der Waals surface area contributed by atoms with E-state index >= 15 is 0 Å². The summed E-state index contributed by atoms with van der Waals surface area (Å²) >= 11 is 5.88. The molecular formula is C14H14ClNO. The fourth-order valence-electron chi connectivity index (χ4n) is 1.75. The lowest BCUT2D eigenvalue weighted by Crippen LogP contribution is -2.33. The summed E-state index contributed by atoms with van der Waals surface area (Å²) in [5.41, 5.74) is 0.605. The number of carbonyl (C=O) groups is 1. The van der Waals surface area contributed by atoms with Gasteiger partial charge in [-0.1, -0.05) is 23.6 Å². The minimum absolute atomic E-state index is 0.0302. The van der Waals surface area contributed by atoms with Gasteiger partial charge in [-0.25, -0.2) is 0 Å². The number of hydrogen-bond acceptors (Lipinski definition) is 1. The first kappa shape index (κ1) is 12.0. The SMILES string of the molecule is C#CCN(CC1CC1)C(=O)c1cccc(Cl)c1. The summed E-state index contributed by atoms with van der Waals surface area (Å²) < 4.78 is 0. The molecule has 1 fully saturated rings. The Morgan fingerprint density at radius 3 is 2.88 bits per heavy atom. The van der Waals surface area contributed by atoms with E-state index < -0.39 is 0 Å². The molecule has 88 valence electrons. The number of halogens is 1. The maximum absolute atomic E-state index is 12.2. The lowest BCUT2D eigenvalue weighted by Gasteiger charge is -2.20. The van der Waals surface area contributed by atoms with E-state index in [-0.39, 0.29) is 5.91 Å². The van der Waals surface area contributed by atoms with Crippen LogP contribution >= 0.6 is 11.6 Å². The molecule has 1 aromatic carbocycles. The number of nitrogens with zero attached hydrogens (tertiary/aromatic N) is 1. The maximum Gasteiger partial charge on any atom is 0.254 e. The smallest absolute Gasteiger partial charge is 0.254 e. The molecule has 0 bridgehead atoms. The van der Waals surface area contributed by atoms with E-state index in [1.165, 1.54) is 12.8 Å². The summed E-state index contributed by atoms with van der Waals surface area (Å²) in [7, 11) is 0. The van der Waals surface area contributed by atoms with Gasteiger partial charge in [0.1, 0.15) is 0 Å². The quantitative estimate of drug-likeness (QED) is 0.750. The average Bonchev–Trinajstić information content (AvgIpc) is 3.11. The molecule has 0 radical (unpaired) electrons. The number of amides is 1. The Labute approximate surface area is 107 Å². The van der Waals surface area contributed by atoms with Crippen LogP contribution in [0.5, 0.6) is 0 Å². The van der Waals surface area contributed by atoms with Crippen molar-refractivity contribution in [1.29, 1.82) is 0 Å². The van der Waals surface area contributed by atoms with E-state index in [0.29, 0.717) is 23.0 Å². The van der Waals surface area contributed by atoms with Gasteiger partial charge in [0.25, 0.3) is 5.91 Å². The second-order valence-electron chi connectivity index (χ2n) is 4.34. The molecule has 1 saturated carbocycles. The predicted octanol–water partition coefficient (Wildman–Crippen LogP) is 2.83. The number of terminal acetylenes is 1. The van der Waals surface area contributed by atoms with Crippen molar-refractivity contribution in [3.05, 3.63) is 34.9 Å². The van der Waals surface area contributed by atoms with Crippen LogP contribution in [0.4, 0.5) is 0 Å². The number of rotatable bonds is 4. The molecule has 0 aromatic heterocycles. The second kappa shape index (κ2) is 5.25. The van der Waals surface area contributed by atoms with Gasteiger partial charge in [-0.3, -0.25) is 4.79 Å². The molecule has 2 nitrogen and oxygen atoms in total. The van der Waals surface area contributed by atoms with Gasteiger partial charge in [0.15, 0.2) is 0 Å². The molecule has 3 heteroatoms. The van der Waals surface area contributed by atoms with Crippen molar-refractivity contribution >= 4 is 17.5 Å². The molecule has 1 amide bonds. The first-order valence-electron chi connectivity index (χ1n) is 5.69. The van der Waals surface area contributed by atoms with E-state index in [0.717, 1.165) is 6.54 Å². The molecular weight excluding hydrogens is 234 g/mol. The Balaban J connectivity index is 2.12. The van der Waals surface area contributed by atoms with Crippen molar-refractivity contribution in [1.82, 2.24) is 4.90 Å². The topological polar surface area (TPSA) is 20.3 Å². The van der Waals surface area contributed by atoms with Crippen LogP contribution in [0, 0.1) is 18.3 Å². The van der Waals surface area contributed by atoms with Gasteiger partial charge in [-0.15, -0.1) is 6.42 Å². The maximum atomic E-state index is 12.2. The molecule has 1 aromatic rings. The lowest BCUT2D eigenvalue weighted by atomic mass is 10.2. The third-order valence-corrected chi connectivity index (χ3v) is 3.05. The molecule has 1 aliphatic carbocycles. The van der Waals surface area contributed by atoms with Crippen molar-refractivity contribution in [2.75, 3.05) is 13.1 Å². The highest BCUT2D eigenvalue weighted by Gasteiger charge is 2.26. The standard InChI is InChI=1S/C14H14ClNO/c1-2-8-16(10-11-6-7-11)14(17)12-4-3-5-13(15)9-12/h1,3-5,9,11H,6-8,10H2. The monoisotopic (exact) mass is 247 g/mol. The zero-order valence-corrected chi connectivity index (χ0v) is 10.3. The Hall–Kier alpha value is -1.46. The zero-order valence-electron chi connectivity index (χ0n) is 9.53. The Morgan fingerprint density at radius 1 is 1.53 bits per heavy atom. The highest BCUT2D eigenvalue weighted by atomic mass is 35.5. The van der Waals surface area contributed by atoms with E-state index in [1.54, 1.807) is 29.2 Å². The molecule has 0 N–H and O–H groups in total. The van der Waals surface area contributed by atoms with Crippen molar-refractivity contribution in [3.63, 3.8) is 0 Å². The van der Waals surface area contributed by atoms with E-state index in [2.05, 4.69) is 5.92 Å². The highest BCUT2D eigenvalue weighted by molar-refractivity contribution is 6.30. The van der Waals surface area contributed by atoms with Crippen LogP contribution in [-0.4, -0.2) is 23.9 Å². The van der Waals surface area contributed by atoms with Crippen LogP contribution in [0.2, 0.25) is 5.02 Å².